The molecule has 0 radical (unpaired) electrons. The summed E-state index contributed by atoms with van der Waals surface area (Å²) in [6.07, 6.45) is 7.14. The summed E-state index contributed by atoms with van der Waals surface area (Å²) < 4.78 is 18.8. The minimum absolute atomic E-state index is 0.00469. The highest BCUT2D eigenvalue weighted by Crippen LogP contribution is 2.73. The van der Waals surface area contributed by atoms with Gasteiger partial charge in [-0.1, -0.05) is 53.9 Å². The summed E-state index contributed by atoms with van der Waals surface area (Å²) in [6.45, 7) is 13.8. The molecule has 5 rings (SSSR count). The molecule has 5 aliphatic rings. The van der Waals surface area contributed by atoms with Crippen LogP contribution in [0.3, 0.4) is 0 Å². The summed E-state index contributed by atoms with van der Waals surface area (Å²) >= 11 is 0. The summed E-state index contributed by atoms with van der Waals surface area (Å²) in [5.41, 5.74) is -6.72. The molecule has 0 aromatic rings. The molecule has 0 amide bonds. The van der Waals surface area contributed by atoms with Gasteiger partial charge in [0.15, 0.2) is 0 Å². The lowest BCUT2D eigenvalue weighted by Gasteiger charge is -2.69. The van der Waals surface area contributed by atoms with Gasteiger partial charge in [-0.15, -0.1) is 0 Å². The highest BCUT2D eigenvalue weighted by Gasteiger charge is 2.78. The Kier molecular flexibility index (Phi) is 8.20. The minimum atomic E-state index is -1.76. The van der Waals surface area contributed by atoms with Crippen molar-refractivity contribution in [3.05, 3.63) is 0 Å². The van der Waals surface area contributed by atoms with Gasteiger partial charge in [-0.2, -0.15) is 0 Å². The fourth-order valence-corrected chi connectivity index (χ4v) is 10.8. The average Bonchev–Trinajstić information content (AvgIpc) is 3.15. The van der Waals surface area contributed by atoms with Crippen LogP contribution < -0.4 is 0 Å². The van der Waals surface area contributed by atoms with Gasteiger partial charge in [0.05, 0.1) is 11.5 Å². The molecular formula is C34H56O8. The van der Waals surface area contributed by atoms with Crippen molar-refractivity contribution in [3.8, 4) is 0 Å². The van der Waals surface area contributed by atoms with Crippen LogP contribution in [0.5, 0.6) is 0 Å². The van der Waals surface area contributed by atoms with Crippen LogP contribution in [-0.4, -0.2) is 68.5 Å². The molecule has 4 saturated carbocycles. The maximum absolute atomic E-state index is 12.9. The molecule has 0 aromatic heterocycles. The van der Waals surface area contributed by atoms with Crippen LogP contribution in [0, 0.1) is 34.5 Å². The van der Waals surface area contributed by atoms with Gasteiger partial charge in [-0.3, -0.25) is 9.59 Å². The van der Waals surface area contributed by atoms with Gasteiger partial charge < -0.3 is 29.5 Å². The molecule has 12 atom stereocenters. The van der Waals surface area contributed by atoms with Gasteiger partial charge in [0, 0.05) is 24.4 Å². The summed E-state index contributed by atoms with van der Waals surface area (Å²) in [7, 11) is 0. The molecule has 1 saturated heterocycles. The van der Waals surface area contributed by atoms with Crippen molar-refractivity contribution in [2.45, 2.75) is 160 Å². The molecule has 5 fully saturated rings. The van der Waals surface area contributed by atoms with Crippen LogP contribution in [0.1, 0.15) is 126 Å². The smallest absolute Gasteiger partial charge is 0.309 e. The van der Waals surface area contributed by atoms with E-state index in [2.05, 4.69) is 13.8 Å². The maximum atomic E-state index is 12.9. The van der Waals surface area contributed by atoms with E-state index in [0.717, 1.165) is 44.9 Å². The van der Waals surface area contributed by atoms with Crippen molar-refractivity contribution in [2.75, 3.05) is 6.61 Å². The van der Waals surface area contributed by atoms with Gasteiger partial charge in [0.25, 0.3) is 0 Å². The van der Waals surface area contributed by atoms with E-state index in [4.69, 9.17) is 14.2 Å². The topological polar surface area (TPSA) is 123 Å². The Labute approximate surface area is 252 Å². The maximum Gasteiger partial charge on any atom is 0.309 e. The molecule has 3 N–H and O–H groups in total. The Morgan fingerprint density at radius 2 is 1.74 bits per heavy atom. The standard InChI is InChI=1S/C34H56O8/c1-8-9-18-40-33-14-11-10-13-29(33,5)24-12-15-30(6)32(38,25(24)20-27(33)41-23(4)35)16-17-34(30,39)31(7,37)26-19-21(2)22(3)28(36)42-26/h21-22,24-27,37-39H,8-20H2,1-7H3/t21-,22?,24-,25+,26?,27?,29+,30-,31-,32+,33?,34+/m0/s1. The van der Waals surface area contributed by atoms with Crippen molar-refractivity contribution in [1.82, 2.24) is 0 Å². The van der Waals surface area contributed by atoms with Crippen LogP contribution in [0.25, 0.3) is 0 Å². The van der Waals surface area contributed by atoms with E-state index in [-0.39, 0.29) is 47.4 Å². The molecule has 4 unspecified atom stereocenters. The summed E-state index contributed by atoms with van der Waals surface area (Å²) in [4.78, 5) is 25.2. The molecular weight excluding hydrogens is 536 g/mol. The van der Waals surface area contributed by atoms with Crippen LogP contribution in [0.15, 0.2) is 0 Å². The Balaban J connectivity index is 1.54. The SMILES string of the molecule is CCCCOC12CCCC[C@]1(C)[C@H]1CC[C@]3(C)[C@@](O)([C@@](C)(O)C4C[C@H](C)C(C)C(=O)O4)CC[C@@]3(O)[C@@H]1CC2OC(C)=O. The number of hydrogen-bond donors (Lipinski definition) is 3. The third kappa shape index (κ3) is 4.20. The lowest BCUT2D eigenvalue weighted by molar-refractivity contribution is -0.320. The Hall–Kier alpha value is -1.22. The lowest BCUT2D eigenvalue weighted by atomic mass is 9.40. The number of hydrogen-bond acceptors (Lipinski definition) is 8. The first-order chi connectivity index (χ1) is 19.5. The molecule has 8 nitrogen and oxygen atoms in total. The van der Waals surface area contributed by atoms with Gasteiger partial charge >= 0.3 is 11.9 Å². The second kappa shape index (κ2) is 10.7. The van der Waals surface area contributed by atoms with Gasteiger partial charge in [-0.05, 0) is 82.5 Å². The number of cyclic esters (lactones) is 1. The zero-order valence-corrected chi connectivity index (χ0v) is 27.0. The van der Waals surface area contributed by atoms with E-state index in [1.807, 2.05) is 20.8 Å². The minimum Gasteiger partial charge on any atom is -0.459 e. The highest BCUT2D eigenvalue weighted by molar-refractivity contribution is 5.73. The number of unbranched alkanes of at least 4 members (excludes halogenated alkanes) is 1. The third-order valence-electron chi connectivity index (χ3n) is 13.8. The van der Waals surface area contributed by atoms with Crippen molar-refractivity contribution in [1.29, 1.82) is 0 Å². The number of ether oxygens (including phenoxy) is 3. The van der Waals surface area contributed by atoms with E-state index in [1.54, 1.807) is 6.92 Å². The third-order valence-corrected chi connectivity index (χ3v) is 13.8. The van der Waals surface area contributed by atoms with Crippen LogP contribution >= 0.6 is 0 Å². The van der Waals surface area contributed by atoms with Crippen molar-refractivity contribution in [3.63, 3.8) is 0 Å². The highest BCUT2D eigenvalue weighted by atomic mass is 16.6. The zero-order valence-electron chi connectivity index (χ0n) is 27.0. The number of aliphatic hydroxyl groups is 3. The molecule has 1 aliphatic heterocycles. The van der Waals surface area contributed by atoms with Gasteiger partial charge in [0.1, 0.15) is 29.0 Å². The van der Waals surface area contributed by atoms with Crippen LogP contribution in [0.4, 0.5) is 0 Å². The van der Waals surface area contributed by atoms with Gasteiger partial charge in [-0.25, -0.2) is 0 Å². The monoisotopic (exact) mass is 592 g/mol. The second-order valence-corrected chi connectivity index (χ2v) is 15.5. The fraction of sp³-hybridized carbons (Fsp3) is 0.941. The van der Waals surface area contributed by atoms with E-state index in [9.17, 15) is 24.9 Å². The Bertz CT molecular complexity index is 1060. The van der Waals surface area contributed by atoms with E-state index in [0.29, 0.717) is 32.3 Å². The van der Waals surface area contributed by atoms with Gasteiger partial charge in [0.2, 0.25) is 0 Å². The molecule has 42 heavy (non-hydrogen) atoms. The first-order valence-electron chi connectivity index (χ1n) is 16.7. The molecule has 0 bridgehead atoms. The number of fused-ring (bicyclic) bond motifs is 5. The zero-order chi connectivity index (χ0) is 30.9. The first kappa shape index (κ1) is 32.2. The first-order valence-corrected chi connectivity index (χ1v) is 16.7. The number of carbonyl (C=O) groups is 2. The average molecular weight is 593 g/mol. The van der Waals surface area contributed by atoms with E-state index < -0.39 is 40.0 Å². The fourth-order valence-electron chi connectivity index (χ4n) is 10.8. The predicted molar refractivity (Wildman–Crippen MR) is 157 cm³/mol. The predicted octanol–water partition coefficient (Wildman–Crippen LogP) is 5.08. The van der Waals surface area contributed by atoms with Crippen LogP contribution in [0.2, 0.25) is 0 Å². The summed E-state index contributed by atoms with van der Waals surface area (Å²) in [5, 5.41) is 37.7. The number of carbonyl (C=O) groups excluding carboxylic acids is 2. The summed E-state index contributed by atoms with van der Waals surface area (Å²) in [5.74, 6) is -1.09. The largest absolute Gasteiger partial charge is 0.459 e. The molecule has 4 aliphatic carbocycles. The molecule has 240 valence electrons. The molecule has 1 heterocycles. The van der Waals surface area contributed by atoms with Crippen molar-refractivity contribution < 1.29 is 39.1 Å². The second-order valence-electron chi connectivity index (χ2n) is 15.5. The lowest BCUT2D eigenvalue weighted by Crippen LogP contribution is -2.75. The Morgan fingerprint density at radius 1 is 1.05 bits per heavy atom. The van der Waals surface area contributed by atoms with Crippen LogP contribution in [-0.2, 0) is 23.8 Å². The normalized spacial score (nSPS) is 50.1. The van der Waals surface area contributed by atoms with E-state index in [1.165, 1.54) is 6.92 Å². The summed E-state index contributed by atoms with van der Waals surface area (Å²) in [6, 6.07) is 0. The molecule has 0 spiro atoms. The quantitative estimate of drug-likeness (QED) is 0.276. The molecule has 8 heteroatoms. The number of rotatable bonds is 7. The number of esters is 2. The Morgan fingerprint density at radius 3 is 2.38 bits per heavy atom. The van der Waals surface area contributed by atoms with Crippen molar-refractivity contribution >= 4 is 11.9 Å². The van der Waals surface area contributed by atoms with Crippen molar-refractivity contribution in [2.24, 2.45) is 34.5 Å². The van der Waals surface area contributed by atoms with E-state index >= 15 is 0 Å². The molecule has 0 aromatic carbocycles.